The molecule has 1 atom stereocenters. The van der Waals surface area contributed by atoms with Gasteiger partial charge < -0.3 is 10.5 Å². The van der Waals surface area contributed by atoms with Crippen LogP contribution in [0.15, 0.2) is 0 Å². The number of carbonyl (C=O) groups excluding carboxylic acids is 1. The van der Waals surface area contributed by atoms with Gasteiger partial charge in [-0.2, -0.15) is 0 Å². The molecule has 1 heterocycles. The van der Waals surface area contributed by atoms with Crippen molar-refractivity contribution in [3.05, 3.63) is 0 Å². The van der Waals surface area contributed by atoms with E-state index in [2.05, 4.69) is 0 Å². The van der Waals surface area contributed by atoms with Crippen molar-refractivity contribution in [2.24, 2.45) is 17.1 Å². The van der Waals surface area contributed by atoms with Crippen LogP contribution in [0.4, 0.5) is 0 Å². The number of Topliss-reactive ketones (excluding diaryl/α,β-unsaturated/α-hetero) is 1. The fourth-order valence-electron chi connectivity index (χ4n) is 2.54. The molecule has 0 aromatic rings. The van der Waals surface area contributed by atoms with Crippen molar-refractivity contribution in [1.29, 1.82) is 0 Å². The molecule has 0 bridgehead atoms. The maximum atomic E-state index is 12.2. The molecule has 1 aliphatic heterocycles. The zero-order chi connectivity index (χ0) is 10.0. The third-order valence-corrected chi connectivity index (χ3v) is 3.76. The van der Waals surface area contributed by atoms with E-state index in [0.29, 0.717) is 18.9 Å². The topological polar surface area (TPSA) is 52.3 Å². The summed E-state index contributed by atoms with van der Waals surface area (Å²) in [7, 11) is 0. The molecule has 3 nitrogen and oxygen atoms in total. The van der Waals surface area contributed by atoms with Gasteiger partial charge in [0.1, 0.15) is 5.78 Å². The van der Waals surface area contributed by atoms with Crippen molar-refractivity contribution in [2.75, 3.05) is 19.8 Å². The Morgan fingerprint density at radius 2 is 2.21 bits per heavy atom. The van der Waals surface area contributed by atoms with Gasteiger partial charge >= 0.3 is 0 Å². The predicted molar refractivity (Wildman–Crippen MR) is 53.9 cm³/mol. The summed E-state index contributed by atoms with van der Waals surface area (Å²) in [5.41, 5.74) is 5.55. The largest absolute Gasteiger partial charge is 0.381 e. The van der Waals surface area contributed by atoms with Crippen LogP contribution in [0, 0.1) is 11.3 Å². The number of hydrogen-bond donors (Lipinski definition) is 1. The normalized spacial score (nSPS) is 30.8. The Kier molecular flexibility index (Phi) is 2.88. The average molecular weight is 197 g/mol. The van der Waals surface area contributed by atoms with Crippen molar-refractivity contribution in [3.8, 4) is 0 Å². The Hall–Kier alpha value is -0.410. The van der Waals surface area contributed by atoms with Gasteiger partial charge in [0.2, 0.25) is 0 Å². The van der Waals surface area contributed by atoms with Gasteiger partial charge in [-0.05, 0) is 25.7 Å². The Bertz CT molecular complexity index is 212. The highest BCUT2D eigenvalue weighted by atomic mass is 16.5. The van der Waals surface area contributed by atoms with Crippen LogP contribution >= 0.6 is 0 Å². The summed E-state index contributed by atoms with van der Waals surface area (Å²) in [5.74, 6) is 0.513. The Balaban J connectivity index is 1.98. The predicted octanol–water partition coefficient (Wildman–Crippen LogP) is 1.11. The molecule has 0 amide bonds. The molecule has 2 fully saturated rings. The minimum absolute atomic E-state index is 0.132. The molecule has 14 heavy (non-hydrogen) atoms. The average Bonchev–Trinajstić information content (AvgIpc) is 2.18. The fraction of sp³-hybridized carbons (Fsp3) is 0.909. The second-order valence-corrected chi connectivity index (χ2v) is 4.62. The zero-order valence-electron chi connectivity index (χ0n) is 8.63. The number of ketones is 1. The molecule has 0 aromatic heterocycles. The van der Waals surface area contributed by atoms with E-state index in [9.17, 15) is 4.79 Å². The standard InChI is InChI=1S/C11H19NO2/c12-8-11(4-2-5-11)10(13)9-3-1-6-14-7-9/h9H,1-8,12H2. The summed E-state index contributed by atoms with van der Waals surface area (Å²) in [6, 6.07) is 0. The third kappa shape index (κ3) is 1.59. The second-order valence-electron chi connectivity index (χ2n) is 4.62. The molecule has 1 aliphatic carbocycles. The lowest BCUT2D eigenvalue weighted by Crippen LogP contribution is -2.48. The maximum absolute atomic E-state index is 12.2. The summed E-state index contributed by atoms with van der Waals surface area (Å²) in [6.07, 6.45) is 5.19. The third-order valence-electron chi connectivity index (χ3n) is 3.76. The number of hydrogen-bond acceptors (Lipinski definition) is 3. The Labute approximate surface area is 85.0 Å². The van der Waals surface area contributed by atoms with Crippen molar-refractivity contribution >= 4 is 5.78 Å². The summed E-state index contributed by atoms with van der Waals surface area (Å²) >= 11 is 0. The van der Waals surface area contributed by atoms with Gasteiger partial charge in [0, 0.05) is 24.5 Å². The highest BCUT2D eigenvalue weighted by molar-refractivity contribution is 5.88. The lowest BCUT2D eigenvalue weighted by molar-refractivity contribution is -0.141. The minimum atomic E-state index is -0.161. The van der Waals surface area contributed by atoms with Crippen molar-refractivity contribution in [1.82, 2.24) is 0 Å². The Morgan fingerprint density at radius 1 is 1.43 bits per heavy atom. The van der Waals surface area contributed by atoms with Crippen LogP contribution in [0.1, 0.15) is 32.1 Å². The summed E-state index contributed by atoms with van der Waals surface area (Å²) < 4.78 is 5.35. The van der Waals surface area contributed by atoms with E-state index in [1.165, 1.54) is 0 Å². The molecule has 3 heteroatoms. The smallest absolute Gasteiger partial charge is 0.145 e. The van der Waals surface area contributed by atoms with Crippen LogP contribution in [0.2, 0.25) is 0 Å². The first-order valence-corrected chi connectivity index (χ1v) is 5.61. The molecule has 1 unspecified atom stereocenters. The van der Waals surface area contributed by atoms with Crippen molar-refractivity contribution < 1.29 is 9.53 Å². The van der Waals surface area contributed by atoms with E-state index in [1.807, 2.05) is 0 Å². The molecule has 2 N–H and O–H groups in total. The molecule has 1 saturated carbocycles. The SMILES string of the molecule is NCC1(C(=O)C2CCCOC2)CCC1. The van der Waals surface area contributed by atoms with E-state index < -0.39 is 0 Å². The van der Waals surface area contributed by atoms with Crippen LogP contribution in [0.3, 0.4) is 0 Å². The van der Waals surface area contributed by atoms with Gasteiger partial charge in [-0.3, -0.25) is 4.79 Å². The first-order chi connectivity index (χ1) is 6.78. The minimum Gasteiger partial charge on any atom is -0.381 e. The molecule has 0 radical (unpaired) electrons. The Morgan fingerprint density at radius 3 is 2.64 bits per heavy atom. The van der Waals surface area contributed by atoms with Gasteiger partial charge in [-0.1, -0.05) is 6.42 Å². The summed E-state index contributed by atoms with van der Waals surface area (Å²) in [6.45, 7) is 1.97. The van der Waals surface area contributed by atoms with E-state index in [1.54, 1.807) is 0 Å². The highest BCUT2D eigenvalue weighted by Gasteiger charge is 2.45. The molecular weight excluding hydrogens is 178 g/mol. The van der Waals surface area contributed by atoms with Crippen LogP contribution in [0.5, 0.6) is 0 Å². The van der Waals surface area contributed by atoms with Gasteiger partial charge in [0.25, 0.3) is 0 Å². The number of rotatable bonds is 3. The van der Waals surface area contributed by atoms with E-state index in [4.69, 9.17) is 10.5 Å². The molecule has 0 spiro atoms. The molecule has 1 saturated heterocycles. The van der Waals surface area contributed by atoms with Gasteiger partial charge in [-0.25, -0.2) is 0 Å². The van der Waals surface area contributed by atoms with Crippen LogP contribution in [-0.4, -0.2) is 25.5 Å². The molecule has 2 aliphatic rings. The maximum Gasteiger partial charge on any atom is 0.145 e. The van der Waals surface area contributed by atoms with E-state index in [0.717, 1.165) is 38.7 Å². The quantitative estimate of drug-likeness (QED) is 0.737. The van der Waals surface area contributed by atoms with Crippen LogP contribution in [0.25, 0.3) is 0 Å². The van der Waals surface area contributed by atoms with Gasteiger partial charge in [0.05, 0.1) is 6.61 Å². The van der Waals surface area contributed by atoms with E-state index in [-0.39, 0.29) is 11.3 Å². The monoisotopic (exact) mass is 197 g/mol. The second kappa shape index (κ2) is 3.99. The molecule has 80 valence electrons. The number of carbonyl (C=O) groups is 1. The summed E-state index contributed by atoms with van der Waals surface area (Å²) in [5, 5.41) is 0. The molecular formula is C11H19NO2. The lowest BCUT2D eigenvalue weighted by atomic mass is 9.63. The van der Waals surface area contributed by atoms with Gasteiger partial charge in [-0.15, -0.1) is 0 Å². The first kappa shape index (κ1) is 10.1. The molecule has 0 aromatic carbocycles. The fourth-order valence-corrected chi connectivity index (χ4v) is 2.54. The number of ether oxygens (including phenoxy) is 1. The van der Waals surface area contributed by atoms with Crippen molar-refractivity contribution in [2.45, 2.75) is 32.1 Å². The van der Waals surface area contributed by atoms with Crippen LogP contribution < -0.4 is 5.73 Å². The zero-order valence-corrected chi connectivity index (χ0v) is 8.63. The highest BCUT2D eigenvalue weighted by Crippen LogP contribution is 2.43. The van der Waals surface area contributed by atoms with Crippen LogP contribution in [-0.2, 0) is 9.53 Å². The summed E-state index contributed by atoms with van der Waals surface area (Å²) in [4.78, 5) is 12.2. The van der Waals surface area contributed by atoms with Gasteiger partial charge in [0.15, 0.2) is 0 Å². The van der Waals surface area contributed by atoms with E-state index >= 15 is 0 Å². The van der Waals surface area contributed by atoms with Crippen molar-refractivity contribution in [3.63, 3.8) is 0 Å². The molecule has 2 rings (SSSR count). The first-order valence-electron chi connectivity index (χ1n) is 5.61. The number of nitrogens with two attached hydrogens (primary N) is 1. The lowest BCUT2D eigenvalue weighted by Gasteiger charge is -2.42.